The standard InChI is InChI=1S/C16H36N2/c1-3-4-5-6-7-8-9-10-11-13-16(2)18-15-12-14-17/h16,18H,3-15,17H2,1-2H3. The molecule has 0 radical (unpaired) electrons. The third kappa shape index (κ3) is 14.0. The fourth-order valence-electron chi connectivity index (χ4n) is 2.31. The molecule has 2 heteroatoms. The molecule has 0 aliphatic rings. The summed E-state index contributed by atoms with van der Waals surface area (Å²) in [4.78, 5) is 0. The van der Waals surface area contributed by atoms with Crippen LogP contribution >= 0.6 is 0 Å². The highest BCUT2D eigenvalue weighted by Crippen LogP contribution is 2.11. The van der Waals surface area contributed by atoms with Crippen LogP contribution in [0.4, 0.5) is 0 Å². The highest BCUT2D eigenvalue weighted by atomic mass is 14.9. The third-order valence-electron chi connectivity index (χ3n) is 3.61. The SMILES string of the molecule is CCCCCCCCCCCC(C)NCCCN. The van der Waals surface area contributed by atoms with E-state index >= 15 is 0 Å². The van der Waals surface area contributed by atoms with E-state index in [0.717, 1.165) is 19.5 Å². The fraction of sp³-hybridized carbons (Fsp3) is 1.00. The van der Waals surface area contributed by atoms with E-state index in [2.05, 4.69) is 19.2 Å². The molecule has 110 valence electrons. The molecule has 0 aliphatic heterocycles. The lowest BCUT2D eigenvalue weighted by molar-refractivity contribution is 0.473. The Morgan fingerprint density at radius 3 is 1.94 bits per heavy atom. The summed E-state index contributed by atoms with van der Waals surface area (Å²) < 4.78 is 0. The first-order valence-electron chi connectivity index (χ1n) is 8.24. The average Bonchev–Trinajstić information content (AvgIpc) is 2.37. The molecule has 0 saturated heterocycles. The van der Waals surface area contributed by atoms with Gasteiger partial charge in [0.2, 0.25) is 0 Å². The number of nitrogens with two attached hydrogens (primary N) is 1. The molecular formula is C16H36N2. The number of unbranched alkanes of at least 4 members (excludes halogenated alkanes) is 8. The predicted octanol–water partition coefficient (Wildman–Crippen LogP) is 4.23. The molecule has 18 heavy (non-hydrogen) atoms. The third-order valence-corrected chi connectivity index (χ3v) is 3.61. The zero-order valence-corrected chi connectivity index (χ0v) is 12.8. The van der Waals surface area contributed by atoms with Crippen molar-refractivity contribution in [3.8, 4) is 0 Å². The van der Waals surface area contributed by atoms with Crippen LogP contribution in [0.2, 0.25) is 0 Å². The van der Waals surface area contributed by atoms with E-state index in [1.165, 1.54) is 64.2 Å². The van der Waals surface area contributed by atoms with Crippen LogP contribution in [-0.4, -0.2) is 19.1 Å². The Hall–Kier alpha value is -0.0800. The smallest absolute Gasteiger partial charge is 0.00387 e. The van der Waals surface area contributed by atoms with Gasteiger partial charge in [-0.15, -0.1) is 0 Å². The van der Waals surface area contributed by atoms with E-state index in [0.29, 0.717) is 6.04 Å². The monoisotopic (exact) mass is 256 g/mol. The first kappa shape index (κ1) is 17.9. The largest absolute Gasteiger partial charge is 0.330 e. The van der Waals surface area contributed by atoms with Gasteiger partial charge in [-0.05, 0) is 32.9 Å². The van der Waals surface area contributed by atoms with E-state index in [4.69, 9.17) is 5.73 Å². The molecule has 0 saturated carbocycles. The summed E-state index contributed by atoms with van der Waals surface area (Å²) in [7, 11) is 0. The molecule has 3 N–H and O–H groups in total. The lowest BCUT2D eigenvalue weighted by Crippen LogP contribution is -2.28. The Bertz CT molecular complexity index is 148. The van der Waals surface area contributed by atoms with E-state index < -0.39 is 0 Å². The maximum absolute atomic E-state index is 5.47. The van der Waals surface area contributed by atoms with Crippen molar-refractivity contribution in [2.45, 2.75) is 90.5 Å². The van der Waals surface area contributed by atoms with E-state index in [9.17, 15) is 0 Å². The molecule has 0 rings (SSSR count). The van der Waals surface area contributed by atoms with E-state index in [1.54, 1.807) is 0 Å². The van der Waals surface area contributed by atoms with Crippen molar-refractivity contribution in [1.82, 2.24) is 5.32 Å². The summed E-state index contributed by atoms with van der Waals surface area (Å²) in [6.07, 6.45) is 15.2. The van der Waals surface area contributed by atoms with Gasteiger partial charge in [0, 0.05) is 6.04 Å². The first-order valence-corrected chi connectivity index (χ1v) is 8.24. The number of nitrogens with one attached hydrogen (secondary N) is 1. The second-order valence-corrected chi connectivity index (χ2v) is 5.61. The molecule has 0 aromatic heterocycles. The minimum Gasteiger partial charge on any atom is -0.330 e. The first-order chi connectivity index (χ1) is 8.81. The van der Waals surface area contributed by atoms with Crippen LogP contribution in [0.1, 0.15) is 84.5 Å². The van der Waals surface area contributed by atoms with Crippen LogP contribution in [0.5, 0.6) is 0 Å². The minimum atomic E-state index is 0.668. The van der Waals surface area contributed by atoms with Crippen molar-refractivity contribution < 1.29 is 0 Å². The van der Waals surface area contributed by atoms with Crippen LogP contribution in [-0.2, 0) is 0 Å². The lowest BCUT2D eigenvalue weighted by atomic mass is 10.0. The van der Waals surface area contributed by atoms with E-state index in [1.807, 2.05) is 0 Å². The van der Waals surface area contributed by atoms with Gasteiger partial charge in [0.05, 0.1) is 0 Å². The topological polar surface area (TPSA) is 38.0 Å². The molecule has 0 spiro atoms. The van der Waals surface area contributed by atoms with Crippen LogP contribution in [0, 0.1) is 0 Å². The molecule has 0 amide bonds. The summed E-state index contributed by atoms with van der Waals surface area (Å²) in [5, 5.41) is 3.53. The zero-order valence-electron chi connectivity index (χ0n) is 12.8. The molecule has 0 aromatic rings. The van der Waals surface area contributed by atoms with Gasteiger partial charge in [-0.25, -0.2) is 0 Å². The van der Waals surface area contributed by atoms with E-state index in [-0.39, 0.29) is 0 Å². The Morgan fingerprint density at radius 2 is 1.39 bits per heavy atom. The van der Waals surface area contributed by atoms with Crippen molar-refractivity contribution in [3.05, 3.63) is 0 Å². The van der Waals surface area contributed by atoms with Crippen molar-refractivity contribution in [2.24, 2.45) is 5.73 Å². The molecule has 0 bridgehead atoms. The Morgan fingerprint density at radius 1 is 0.833 bits per heavy atom. The molecule has 0 aromatic carbocycles. The Labute approximate surface area is 115 Å². The Balaban J connectivity index is 3.05. The van der Waals surface area contributed by atoms with Crippen LogP contribution < -0.4 is 11.1 Å². The molecule has 2 nitrogen and oxygen atoms in total. The highest BCUT2D eigenvalue weighted by Gasteiger charge is 2.00. The van der Waals surface area contributed by atoms with Gasteiger partial charge in [0.15, 0.2) is 0 Å². The van der Waals surface area contributed by atoms with Crippen molar-refractivity contribution >= 4 is 0 Å². The Kier molecular flexibility index (Phi) is 14.9. The predicted molar refractivity (Wildman–Crippen MR) is 83.0 cm³/mol. The summed E-state index contributed by atoms with van der Waals surface area (Å²) in [6, 6.07) is 0.668. The highest BCUT2D eigenvalue weighted by molar-refractivity contribution is 4.61. The number of hydrogen-bond donors (Lipinski definition) is 2. The summed E-state index contributed by atoms with van der Waals surface area (Å²) in [6.45, 7) is 6.46. The van der Waals surface area contributed by atoms with Crippen LogP contribution in [0.3, 0.4) is 0 Å². The summed E-state index contributed by atoms with van der Waals surface area (Å²) in [5.74, 6) is 0. The van der Waals surface area contributed by atoms with Gasteiger partial charge in [-0.3, -0.25) is 0 Å². The molecule has 0 aliphatic carbocycles. The van der Waals surface area contributed by atoms with Gasteiger partial charge >= 0.3 is 0 Å². The molecule has 0 fully saturated rings. The van der Waals surface area contributed by atoms with Crippen molar-refractivity contribution in [1.29, 1.82) is 0 Å². The van der Waals surface area contributed by atoms with Crippen molar-refractivity contribution in [2.75, 3.05) is 13.1 Å². The lowest BCUT2D eigenvalue weighted by Gasteiger charge is -2.13. The molecular weight excluding hydrogens is 220 g/mol. The normalized spacial score (nSPS) is 12.8. The molecule has 0 heterocycles. The van der Waals surface area contributed by atoms with Crippen molar-refractivity contribution in [3.63, 3.8) is 0 Å². The number of hydrogen-bond acceptors (Lipinski definition) is 2. The summed E-state index contributed by atoms with van der Waals surface area (Å²) in [5.41, 5.74) is 5.47. The van der Waals surface area contributed by atoms with Crippen LogP contribution in [0.15, 0.2) is 0 Å². The van der Waals surface area contributed by atoms with Gasteiger partial charge in [-0.2, -0.15) is 0 Å². The quantitative estimate of drug-likeness (QED) is 0.456. The van der Waals surface area contributed by atoms with Gasteiger partial charge < -0.3 is 11.1 Å². The zero-order chi connectivity index (χ0) is 13.5. The fourth-order valence-corrected chi connectivity index (χ4v) is 2.31. The van der Waals surface area contributed by atoms with Crippen LogP contribution in [0.25, 0.3) is 0 Å². The van der Waals surface area contributed by atoms with Gasteiger partial charge in [0.25, 0.3) is 0 Å². The summed E-state index contributed by atoms with van der Waals surface area (Å²) >= 11 is 0. The minimum absolute atomic E-state index is 0.668. The average molecular weight is 256 g/mol. The van der Waals surface area contributed by atoms with Gasteiger partial charge in [-0.1, -0.05) is 64.7 Å². The second-order valence-electron chi connectivity index (χ2n) is 5.61. The molecule has 1 unspecified atom stereocenters. The maximum Gasteiger partial charge on any atom is 0.00387 e. The maximum atomic E-state index is 5.47. The number of rotatable bonds is 14. The second kappa shape index (κ2) is 15.0. The molecule has 1 atom stereocenters. The van der Waals surface area contributed by atoms with Gasteiger partial charge in [0.1, 0.15) is 0 Å².